The number of rotatable bonds is 24. The molecule has 1 aromatic carbocycles. The lowest BCUT2D eigenvalue weighted by molar-refractivity contribution is -0.135. The molecule has 6 atom stereocenters. The van der Waals surface area contributed by atoms with Crippen molar-refractivity contribution < 1.29 is 28.8 Å². The van der Waals surface area contributed by atoms with Crippen LogP contribution in [0.25, 0.3) is 0 Å². The first-order chi connectivity index (χ1) is 23.3. The summed E-state index contributed by atoms with van der Waals surface area (Å²) in [6, 6.07) is 3.64. The highest BCUT2D eigenvalue weighted by Crippen LogP contribution is 2.11. The van der Waals surface area contributed by atoms with E-state index >= 15 is 0 Å². The molecule has 1 unspecified atom stereocenters. The molecule has 0 heterocycles. The van der Waals surface area contributed by atoms with Crippen molar-refractivity contribution in [1.29, 1.82) is 0 Å². The van der Waals surface area contributed by atoms with Crippen LogP contribution in [-0.4, -0.2) is 85.3 Å². The predicted octanol–water partition coefficient (Wildman–Crippen LogP) is -0.943. The van der Waals surface area contributed by atoms with Crippen LogP contribution in [0.1, 0.15) is 78.2 Å². The average molecular weight is 690 g/mol. The van der Waals surface area contributed by atoms with Crippen molar-refractivity contribution in [3.63, 3.8) is 0 Å². The van der Waals surface area contributed by atoms with Gasteiger partial charge in [0.1, 0.15) is 30.2 Å². The van der Waals surface area contributed by atoms with Crippen LogP contribution in [-0.2, 0) is 35.2 Å². The molecule has 0 bridgehead atoms. The summed E-state index contributed by atoms with van der Waals surface area (Å²) in [5.41, 5.74) is 23.3. The Kier molecular flexibility index (Phi) is 20.4. The maximum absolute atomic E-state index is 13.7. The van der Waals surface area contributed by atoms with Crippen molar-refractivity contribution in [2.24, 2.45) is 34.8 Å². The molecular formula is C34H59N9O6. The number of carbonyl (C=O) groups excluding carboxylic acids is 6. The van der Waals surface area contributed by atoms with Crippen molar-refractivity contribution in [3.05, 3.63) is 35.9 Å². The molecule has 1 rings (SSSR count). The molecule has 6 amide bonds. The van der Waals surface area contributed by atoms with E-state index in [1.165, 1.54) is 0 Å². The molecule has 0 fully saturated rings. The number of amides is 6. The zero-order valence-electron chi connectivity index (χ0n) is 29.5. The van der Waals surface area contributed by atoms with Gasteiger partial charge in [-0.15, -0.1) is 0 Å². The van der Waals surface area contributed by atoms with Crippen LogP contribution in [0, 0.1) is 11.8 Å². The van der Waals surface area contributed by atoms with Crippen LogP contribution < -0.4 is 49.5 Å². The smallest absolute Gasteiger partial charge is 0.243 e. The lowest BCUT2D eigenvalue weighted by Gasteiger charge is -2.27. The standard InChI is InChI=1S/C34H59N9O6/c1-5-22(4)11-12-29(44)39-25(14-17-36)31(46)41-26(15-18-37)32(47)42-27(19-21(2)3)33(48)43-28(20-23-9-7-6-8-10-23)34(49)40-24(13-16-35)30(38)45/h6-10,21-22,24-28H,5,11-20,35-37H2,1-4H3,(H2,38,45)(H,39,44)(H,40,49)(H,41,46)(H,42,47)(H,43,48)/t22?,24-,25+,26-,27-,28+/m0/s1. The second-order valence-corrected chi connectivity index (χ2v) is 12.9. The Morgan fingerprint density at radius 3 is 1.57 bits per heavy atom. The largest absolute Gasteiger partial charge is 0.368 e. The predicted molar refractivity (Wildman–Crippen MR) is 188 cm³/mol. The van der Waals surface area contributed by atoms with Crippen molar-refractivity contribution >= 4 is 35.4 Å². The van der Waals surface area contributed by atoms with Gasteiger partial charge in [0.05, 0.1) is 0 Å². The number of carbonyl (C=O) groups is 6. The molecular weight excluding hydrogens is 630 g/mol. The topological polar surface area (TPSA) is 267 Å². The summed E-state index contributed by atoms with van der Waals surface area (Å²) in [4.78, 5) is 78.4. The van der Waals surface area contributed by atoms with E-state index in [0.29, 0.717) is 12.3 Å². The molecule has 1 aromatic rings. The molecule has 0 saturated carbocycles. The second kappa shape index (κ2) is 23.3. The first kappa shape index (κ1) is 42.9. The maximum atomic E-state index is 13.7. The van der Waals surface area contributed by atoms with Gasteiger partial charge in [0, 0.05) is 12.8 Å². The van der Waals surface area contributed by atoms with E-state index < -0.39 is 59.7 Å². The Labute approximate surface area is 290 Å². The number of primary amides is 1. The lowest BCUT2D eigenvalue weighted by Crippen LogP contribution is -2.60. The summed E-state index contributed by atoms with van der Waals surface area (Å²) in [6.45, 7) is 8.09. The Bertz CT molecular complexity index is 1200. The maximum Gasteiger partial charge on any atom is 0.243 e. The first-order valence-corrected chi connectivity index (χ1v) is 17.2. The highest BCUT2D eigenvalue weighted by atomic mass is 16.2. The monoisotopic (exact) mass is 689 g/mol. The number of hydrogen-bond donors (Lipinski definition) is 9. The molecule has 0 radical (unpaired) electrons. The fourth-order valence-corrected chi connectivity index (χ4v) is 5.02. The van der Waals surface area contributed by atoms with Crippen LogP contribution in [0.15, 0.2) is 30.3 Å². The minimum absolute atomic E-state index is 0.0470. The Hall–Kier alpha value is -4.08. The van der Waals surface area contributed by atoms with Crippen molar-refractivity contribution in [1.82, 2.24) is 26.6 Å². The molecule has 0 aliphatic heterocycles. The molecule has 49 heavy (non-hydrogen) atoms. The van der Waals surface area contributed by atoms with Crippen molar-refractivity contribution in [3.8, 4) is 0 Å². The fraction of sp³-hybridized carbons (Fsp3) is 0.647. The van der Waals surface area contributed by atoms with Crippen LogP contribution >= 0.6 is 0 Å². The summed E-state index contributed by atoms with van der Waals surface area (Å²) < 4.78 is 0. The van der Waals surface area contributed by atoms with Crippen molar-refractivity contribution in [2.75, 3.05) is 19.6 Å². The van der Waals surface area contributed by atoms with Gasteiger partial charge in [-0.25, -0.2) is 0 Å². The quantitative estimate of drug-likeness (QED) is 0.0647. The van der Waals surface area contributed by atoms with Crippen molar-refractivity contribution in [2.45, 2.75) is 109 Å². The lowest BCUT2D eigenvalue weighted by atomic mass is 10.00. The fourth-order valence-electron chi connectivity index (χ4n) is 5.02. The summed E-state index contributed by atoms with van der Waals surface area (Å²) in [5, 5.41) is 13.4. The average Bonchev–Trinajstić information content (AvgIpc) is 3.05. The molecule has 15 nitrogen and oxygen atoms in total. The van der Waals surface area contributed by atoms with E-state index in [1.807, 2.05) is 33.8 Å². The Morgan fingerprint density at radius 1 is 0.612 bits per heavy atom. The summed E-state index contributed by atoms with van der Waals surface area (Å²) in [7, 11) is 0. The number of hydrogen-bond acceptors (Lipinski definition) is 9. The van der Waals surface area contributed by atoms with E-state index in [1.54, 1.807) is 24.3 Å². The molecule has 0 aliphatic rings. The van der Waals surface area contributed by atoms with E-state index in [4.69, 9.17) is 22.9 Å². The molecule has 0 aliphatic carbocycles. The third-order valence-electron chi connectivity index (χ3n) is 8.13. The molecule has 13 N–H and O–H groups in total. The molecule has 15 heteroatoms. The van der Waals surface area contributed by atoms with Crippen LogP contribution in [0.3, 0.4) is 0 Å². The Morgan fingerprint density at radius 2 is 1.06 bits per heavy atom. The van der Waals surface area contributed by atoms with Gasteiger partial charge in [-0.2, -0.15) is 0 Å². The third-order valence-corrected chi connectivity index (χ3v) is 8.13. The Balaban J connectivity index is 3.17. The van der Waals surface area contributed by atoms with E-state index in [0.717, 1.165) is 12.0 Å². The zero-order chi connectivity index (χ0) is 36.9. The van der Waals surface area contributed by atoms with Gasteiger partial charge in [0.15, 0.2) is 0 Å². The SMILES string of the molecule is CCC(C)CCC(=O)N[C@H](CCN)C(=O)N[C@@H](CCN)C(=O)N[C@@H](CC(C)C)C(=O)N[C@H](Cc1ccccc1)C(=O)N[C@@H](CCN)C(N)=O. The number of benzene rings is 1. The van der Waals surface area contributed by atoms with Gasteiger partial charge in [0.25, 0.3) is 0 Å². The van der Waals surface area contributed by atoms with E-state index in [9.17, 15) is 28.8 Å². The molecule has 0 spiro atoms. The zero-order valence-corrected chi connectivity index (χ0v) is 29.5. The minimum Gasteiger partial charge on any atom is -0.368 e. The van der Waals surface area contributed by atoms with Gasteiger partial charge in [-0.05, 0) is 69.1 Å². The minimum atomic E-state index is -1.12. The molecule has 0 saturated heterocycles. The third kappa shape index (κ3) is 16.7. The number of nitrogens with one attached hydrogen (secondary N) is 5. The van der Waals surface area contributed by atoms with E-state index in [2.05, 4.69) is 26.6 Å². The second-order valence-electron chi connectivity index (χ2n) is 12.9. The first-order valence-electron chi connectivity index (χ1n) is 17.2. The number of nitrogens with two attached hydrogens (primary N) is 4. The highest BCUT2D eigenvalue weighted by Gasteiger charge is 2.32. The van der Waals surface area contributed by atoms with Gasteiger partial charge in [-0.3, -0.25) is 28.8 Å². The van der Waals surface area contributed by atoms with Crippen LogP contribution in [0.5, 0.6) is 0 Å². The van der Waals surface area contributed by atoms with Gasteiger partial charge < -0.3 is 49.5 Å². The molecule has 0 aromatic heterocycles. The highest BCUT2D eigenvalue weighted by molar-refractivity contribution is 5.96. The summed E-state index contributed by atoms with van der Waals surface area (Å²) in [5.74, 6) is -3.29. The van der Waals surface area contributed by atoms with E-state index in [-0.39, 0.29) is 70.0 Å². The normalized spacial score (nSPS) is 14.8. The van der Waals surface area contributed by atoms with Gasteiger partial charge in [-0.1, -0.05) is 64.4 Å². The van der Waals surface area contributed by atoms with Gasteiger partial charge in [0.2, 0.25) is 35.4 Å². The van der Waals surface area contributed by atoms with Gasteiger partial charge >= 0.3 is 0 Å². The summed E-state index contributed by atoms with van der Waals surface area (Å²) >= 11 is 0. The molecule has 276 valence electrons. The van der Waals surface area contributed by atoms with Crippen LogP contribution in [0.4, 0.5) is 0 Å². The van der Waals surface area contributed by atoms with Crippen LogP contribution in [0.2, 0.25) is 0 Å². The summed E-state index contributed by atoms with van der Waals surface area (Å²) in [6.07, 6.45) is 2.47.